The van der Waals surface area contributed by atoms with Crippen molar-refractivity contribution in [1.29, 1.82) is 0 Å². The van der Waals surface area contributed by atoms with Gasteiger partial charge in [0.2, 0.25) is 11.9 Å². The predicted octanol–water partition coefficient (Wildman–Crippen LogP) is 3.34. The van der Waals surface area contributed by atoms with E-state index in [-0.39, 0.29) is 5.95 Å². The van der Waals surface area contributed by atoms with E-state index in [1.807, 2.05) is 37.3 Å². The van der Waals surface area contributed by atoms with E-state index < -0.39 is 0 Å². The number of nitrogen functional groups attached to an aromatic ring is 1. The summed E-state index contributed by atoms with van der Waals surface area (Å²) in [5.41, 5.74) is 9.28. The van der Waals surface area contributed by atoms with Crippen LogP contribution in [0.1, 0.15) is 17.0 Å². The summed E-state index contributed by atoms with van der Waals surface area (Å²) in [6.45, 7) is 7.68. The van der Waals surface area contributed by atoms with Crippen molar-refractivity contribution < 1.29 is 0 Å². The molecule has 160 valence electrons. The van der Waals surface area contributed by atoms with Crippen LogP contribution in [-0.2, 0) is 6.54 Å². The average Bonchev–Trinajstić information content (AvgIpc) is 2.77. The van der Waals surface area contributed by atoms with Gasteiger partial charge in [-0.2, -0.15) is 15.0 Å². The van der Waals surface area contributed by atoms with E-state index in [2.05, 4.69) is 66.5 Å². The Morgan fingerprint density at radius 2 is 1.61 bits per heavy atom. The van der Waals surface area contributed by atoms with Gasteiger partial charge >= 0.3 is 0 Å². The molecule has 7 heteroatoms. The number of rotatable bonds is 7. The summed E-state index contributed by atoms with van der Waals surface area (Å²) in [4.78, 5) is 18.0. The molecule has 0 unspecified atom stereocenters. The van der Waals surface area contributed by atoms with E-state index in [4.69, 9.17) is 5.73 Å². The van der Waals surface area contributed by atoms with Gasteiger partial charge in [-0.1, -0.05) is 60.7 Å². The number of aryl methyl sites for hydroxylation is 1. The highest BCUT2D eigenvalue weighted by atomic mass is 15.3. The lowest BCUT2D eigenvalue weighted by Gasteiger charge is -2.33. The normalized spacial score (nSPS) is 15.4. The van der Waals surface area contributed by atoms with Crippen LogP contribution in [0.4, 0.5) is 17.6 Å². The molecule has 7 nitrogen and oxygen atoms in total. The maximum Gasteiger partial charge on any atom is 0.232 e. The van der Waals surface area contributed by atoms with E-state index >= 15 is 0 Å². The lowest BCUT2D eigenvalue weighted by atomic mass is 10.2. The molecule has 1 saturated heterocycles. The van der Waals surface area contributed by atoms with E-state index in [1.165, 1.54) is 5.56 Å². The second kappa shape index (κ2) is 10.1. The topological polar surface area (TPSA) is 83.2 Å². The first-order chi connectivity index (χ1) is 15.2. The molecule has 2 heterocycles. The molecule has 3 aromatic rings. The Balaban J connectivity index is 1.29. The molecular formula is C24H29N7. The fourth-order valence-corrected chi connectivity index (χ4v) is 3.63. The maximum absolute atomic E-state index is 5.94. The number of hydrogen-bond acceptors (Lipinski definition) is 7. The van der Waals surface area contributed by atoms with Crippen molar-refractivity contribution >= 4 is 23.7 Å². The molecule has 1 aliphatic rings. The van der Waals surface area contributed by atoms with Crippen molar-refractivity contribution in [3.05, 3.63) is 77.6 Å². The smallest absolute Gasteiger partial charge is 0.232 e. The monoisotopic (exact) mass is 415 g/mol. The van der Waals surface area contributed by atoms with Gasteiger partial charge in [-0.3, -0.25) is 9.80 Å². The molecule has 0 atom stereocenters. The highest BCUT2D eigenvalue weighted by molar-refractivity contribution is 5.58. The van der Waals surface area contributed by atoms with Crippen LogP contribution < -0.4 is 11.1 Å². The minimum Gasteiger partial charge on any atom is -0.368 e. The van der Waals surface area contributed by atoms with Crippen molar-refractivity contribution in [3.8, 4) is 0 Å². The minimum atomic E-state index is 0.241. The summed E-state index contributed by atoms with van der Waals surface area (Å²) in [5.74, 6) is 1.42. The average molecular weight is 416 g/mol. The summed E-state index contributed by atoms with van der Waals surface area (Å²) in [7, 11) is 0. The number of benzene rings is 2. The van der Waals surface area contributed by atoms with Crippen molar-refractivity contribution in [1.82, 2.24) is 24.8 Å². The van der Waals surface area contributed by atoms with Crippen LogP contribution in [0.15, 0.2) is 60.7 Å². The van der Waals surface area contributed by atoms with Crippen LogP contribution in [0.3, 0.4) is 0 Å². The van der Waals surface area contributed by atoms with Crippen molar-refractivity contribution in [2.75, 3.05) is 43.8 Å². The zero-order valence-electron chi connectivity index (χ0n) is 17.9. The van der Waals surface area contributed by atoms with Crippen LogP contribution in [0.2, 0.25) is 0 Å². The first-order valence-electron chi connectivity index (χ1n) is 10.6. The van der Waals surface area contributed by atoms with Gasteiger partial charge < -0.3 is 11.1 Å². The van der Waals surface area contributed by atoms with Gasteiger partial charge in [0.1, 0.15) is 5.82 Å². The van der Waals surface area contributed by atoms with Crippen LogP contribution in [0.25, 0.3) is 6.08 Å². The third-order valence-corrected chi connectivity index (χ3v) is 5.39. The zero-order valence-corrected chi connectivity index (χ0v) is 17.9. The first kappa shape index (κ1) is 21.0. The SMILES string of the molecule is Cc1ccccc1Nc1nc(N)nc(CN2CCN(CC=Cc3ccccc3)CC2)n1. The molecule has 0 saturated carbocycles. The van der Waals surface area contributed by atoms with Gasteiger partial charge in [0, 0.05) is 38.4 Å². The molecule has 0 radical (unpaired) electrons. The largest absolute Gasteiger partial charge is 0.368 e. The highest BCUT2D eigenvalue weighted by Crippen LogP contribution is 2.18. The lowest BCUT2D eigenvalue weighted by Crippen LogP contribution is -2.46. The Hall–Kier alpha value is -3.29. The maximum atomic E-state index is 5.94. The lowest BCUT2D eigenvalue weighted by molar-refractivity contribution is 0.134. The molecule has 31 heavy (non-hydrogen) atoms. The van der Waals surface area contributed by atoms with Gasteiger partial charge in [-0.25, -0.2) is 0 Å². The second-order valence-corrected chi connectivity index (χ2v) is 7.76. The van der Waals surface area contributed by atoms with Crippen molar-refractivity contribution in [3.63, 3.8) is 0 Å². The standard InChI is InChI=1S/C24H29N7/c1-19-8-5-6-12-21(19)26-24-28-22(27-23(25)29-24)18-31-16-14-30(15-17-31)13-7-11-20-9-3-2-4-10-20/h2-12H,13-18H2,1H3,(H3,25,26,27,28,29). The van der Waals surface area contributed by atoms with Gasteiger partial charge in [-0.05, 0) is 24.1 Å². The summed E-state index contributed by atoms with van der Waals surface area (Å²) < 4.78 is 0. The summed E-state index contributed by atoms with van der Waals surface area (Å²) in [6.07, 6.45) is 4.42. The van der Waals surface area contributed by atoms with Gasteiger partial charge in [0.05, 0.1) is 6.54 Å². The third-order valence-electron chi connectivity index (χ3n) is 5.39. The molecule has 0 bridgehead atoms. The number of piperazine rings is 1. The zero-order chi connectivity index (χ0) is 21.5. The molecule has 1 aromatic heterocycles. The fraction of sp³-hybridized carbons (Fsp3) is 0.292. The molecule has 1 aliphatic heterocycles. The van der Waals surface area contributed by atoms with Crippen molar-refractivity contribution in [2.45, 2.75) is 13.5 Å². The Morgan fingerprint density at radius 3 is 2.39 bits per heavy atom. The summed E-state index contributed by atoms with van der Waals surface area (Å²) in [5, 5.41) is 3.26. The molecular weight excluding hydrogens is 386 g/mol. The molecule has 2 aromatic carbocycles. The third kappa shape index (κ3) is 6.10. The van der Waals surface area contributed by atoms with E-state index in [0.717, 1.165) is 44.0 Å². The number of anilines is 3. The van der Waals surface area contributed by atoms with Gasteiger partial charge in [-0.15, -0.1) is 0 Å². The molecule has 0 amide bonds. The first-order valence-corrected chi connectivity index (χ1v) is 10.6. The van der Waals surface area contributed by atoms with Crippen LogP contribution in [-0.4, -0.2) is 57.5 Å². The minimum absolute atomic E-state index is 0.241. The Kier molecular flexibility index (Phi) is 6.86. The van der Waals surface area contributed by atoms with Gasteiger partial charge in [0.15, 0.2) is 0 Å². The summed E-state index contributed by atoms with van der Waals surface area (Å²) in [6, 6.07) is 18.4. The Bertz CT molecular complexity index is 1010. The second-order valence-electron chi connectivity index (χ2n) is 7.76. The predicted molar refractivity (Wildman–Crippen MR) is 126 cm³/mol. The molecule has 0 spiro atoms. The number of nitrogens with one attached hydrogen (secondary N) is 1. The number of aromatic nitrogens is 3. The summed E-state index contributed by atoms with van der Waals surface area (Å²) >= 11 is 0. The molecule has 1 fully saturated rings. The molecule has 4 rings (SSSR count). The molecule has 3 N–H and O–H groups in total. The number of nitrogens with zero attached hydrogens (tertiary/aromatic N) is 5. The van der Waals surface area contributed by atoms with E-state index in [9.17, 15) is 0 Å². The van der Waals surface area contributed by atoms with E-state index in [0.29, 0.717) is 18.3 Å². The quantitative estimate of drug-likeness (QED) is 0.612. The number of para-hydroxylation sites is 1. The highest BCUT2D eigenvalue weighted by Gasteiger charge is 2.18. The Labute approximate surface area is 183 Å². The van der Waals surface area contributed by atoms with E-state index in [1.54, 1.807) is 0 Å². The van der Waals surface area contributed by atoms with Crippen LogP contribution in [0.5, 0.6) is 0 Å². The number of nitrogens with two attached hydrogens (primary N) is 1. The number of hydrogen-bond donors (Lipinski definition) is 2. The van der Waals surface area contributed by atoms with Crippen LogP contribution >= 0.6 is 0 Å². The van der Waals surface area contributed by atoms with Gasteiger partial charge in [0.25, 0.3) is 0 Å². The van der Waals surface area contributed by atoms with Crippen LogP contribution in [0, 0.1) is 6.92 Å². The van der Waals surface area contributed by atoms with Crippen molar-refractivity contribution in [2.24, 2.45) is 0 Å². The Morgan fingerprint density at radius 1 is 0.903 bits per heavy atom. The fourth-order valence-electron chi connectivity index (χ4n) is 3.63. The molecule has 0 aliphatic carbocycles.